The van der Waals surface area contributed by atoms with Crippen LogP contribution in [0.3, 0.4) is 0 Å². The van der Waals surface area contributed by atoms with Crippen molar-refractivity contribution in [3.05, 3.63) is 71.3 Å². The Kier molecular flexibility index (Phi) is 12.6. The number of amides is 1. The summed E-state index contributed by atoms with van der Waals surface area (Å²) in [5.41, 5.74) is 5.21. The maximum atomic E-state index is 13.6. The summed E-state index contributed by atoms with van der Waals surface area (Å²) in [5, 5.41) is -0.0167. The fraction of sp³-hybridized carbons (Fsp3) is 0.553. The summed E-state index contributed by atoms with van der Waals surface area (Å²) in [6.07, 6.45) is 2.82. The molecule has 0 bridgehead atoms. The molecule has 1 aliphatic rings. The number of likely N-dealkylation sites (N-methyl/N-ethyl adjacent to an activating group) is 1. The Hall–Kier alpha value is -3.23. The van der Waals surface area contributed by atoms with Crippen molar-refractivity contribution in [2.24, 2.45) is 11.8 Å². The molecule has 252 valence electrons. The van der Waals surface area contributed by atoms with E-state index in [1.807, 2.05) is 30.3 Å². The van der Waals surface area contributed by atoms with Crippen LogP contribution in [-0.2, 0) is 23.5 Å². The summed E-state index contributed by atoms with van der Waals surface area (Å²) in [4.78, 5) is 39.6. The minimum absolute atomic E-state index is 0.0167. The van der Waals surface area contributed by atoms with Gasteiger partial charge >= 0.3 is 12.1 Å². The minimum Gasteiger partial charge on any atom is -0.460 e. The molecule has 3 rings (SSSR count). The summed E-state index contributed by atoms with van der Waals surface area (Å²) >= 11 is 0. The van der Waals surface area contributed by atoms with E-state index >= 15 is 0 Å². The van der Waals surface area contributed by atoms with Gasteiger partial charge < -0.3 is 13.9 Å². The van der Waals surface area contributed by atoms with Crippen LogP contribution in [0, 0.1) is 11.8 Å². The zero-order chi connectivity index (χ0) is 34.4. The predicted molar refractivity (Wildman–Crippen MR) is 187 cm³/mol. The predicted octanol–water partition coefficient (Wildman–Crippen LogP) is 8.78. The van der Waals surface area contributed by atoms with Gasteiger partial charge in [-0.25, -0.2) is 9.59 Å². The molecule has 0 N–H and O–H groups in total. The van der Waals surface area contributed by atoms with Gasteiger partial charge in [0.2, 0.25) is 0 Å². The fourth-order valence-corrected chi connectivity index (χ4v) is 7.13. The third-order valence-electron chi connectivity index (χ3n) is 10.2. The molecule has 0 fully saturated rings. The van der Waals surface area contributed by atoms with Gasteiger partial charge in [-0.3, -0.25) is 9.69 Å². The Morgan fingerprint density at radius 1 is 0.978 bits per heavy atom. The minimum atomic E-state index is -2.19. The van der Waals surface area contributed by atoms with Gasteiger partial charge in [0.25, 0.3) is 0 Å². The van der Waals surface area contributed by atoms with Gasteiger partial charge in [-0.1, -0.05) is 103 Å². The largest absolute Gasteiger partial charge is 0.460 e. The number of benzene rings is 2. The highest BCUT2D eigenvalue weighted by molar-refractivity contribution is 6.74. The summed E-state index contributed by atoms with van der Waals surface area (Å²) in [5.74, 6) is -0.667. The summed E-state index contributed by atoms with van der Waals surface area (Å²) in [6, 6.07) is 15.5. The van der Waals surface area contributed by atoms with Crippen LogP contribution in [0.1, 0.15) is 85.3 Å². The number of hydrogen-bond donors (Lipinski definition) is 0. The molecule has 0 heterocycles. The molecular weight excluding hydrogens is 595 g/mol. The quantitative estimate of drug-likeness (QED) is 0.0881. The lowest BCUT2D eigenvalue weighted by Crippen LogP contribution is -2.49. The average molecular weight is 650 g/mol. The topological polar surface area (TPSA) is 82.1 Å². The van der Waals surface area contributed by atoms with Gasteiger partial charge in [0, 0.05) is 18.9 Å². The molecule has 0 unspecified atom stereocenters. The van der Waals surface area contributed by atoms with Crippen molar-refractivity contribution < 1.29 is 28.3 Å². The molecule has 0 aromatic heterocycles. The molecule has 1 aliphatic carbocycles. The lowest BCUT2D eigenvalue weighted by Gasteiger charge is -2.43. The molecule has 46 heavy (non-hydrogen) atoms. The van der Waals surface area contributed by atoms with Gasteiger partial charge in [-0.2, -0.15) is 0 Å². The second-order valence-corrected chi connectivity index (χ2v) is 19.2. The molecule has 2 aromatic rings. The molecule has 0 saturated heterocycles. The van der Waals surface area contributed by atoms with E-state index in [9.17, 15) is 14.4 Å². The van der Waals surface area contributed by atoms with Crippen LogP contribution < -0.4 is 0 Å². The fourth-order valence-electron chi connectivity index (χ4n) is 5.71. The molecule has 0 spiro atoms. The van der Waals surface area contributed by atoms with Crippen LogP contribution in [0.2, 0.25) is 18.1 Å². The van der Waals surface area contributed by atoms with Crippen LogP contribution >= 0.6 is 0 Å². The van der Waals surface area contributed by atoms with E-state index in [-0.39, 0.29) is 35.5 Å². The standard InChI is InChI=1S/C38H55NO6Si/c1-12-26(3)35(27(4)34(22-21-25(2)23-40)45-46(10,11)38(6,7)8)44-36(41)28(5)39(9)37(42)43-24-33-31-19-15-13-17-29(31)30-18-14-16-20-32(30)33/h13-21,23,26-28,33-35H,12,22,24H2,1-11H3/b25-21+/t26-,27-,28-,34-,35-/m0/s1. The third-order valence-corrected chi connectivity index (χ3v) is 14.7. The van der Waals surface area contributed by atoms with Crippen LogP contribution in [0.25, 0.3) is 11.1 Å². The average Bonchev–Trinajstić information content (AvgIpc) is 3.35. The van der Waals surface area contributed by atoms with Crippen molar-refractivity contribution in [2.45, 2.75) is 111 Å². The number of allylic oxidation sites excluding steroid dienone is 1. The number of aldehydes is 1. The second kappa shape index (κ2) is 15.6. The van der Waals surface area contributed by atoms with Gasteiger partial charge in [0.15, 0.2) is 8.32 Å². The Morgan fingerprint density at radius 3 is 2.02 bits per heavy atom. The van der Waals surface area contributed by atoms with E-state index in [0.29, 0.717) is 12.0 Å². The summed E-state index contributed by atoms with van der Waals surface area (Å²) < 4.78 is 18.9. The maximum absolute atomic E-state index is 13.6. The third kappa shape index (κ3) is 8.56. The SMILES string of the molecule is CC[C@H](C)[C@H](OC(=O)[C@H](C)N(C)C(=O)OCC1c2ccccc2-c2ccccc21)[C@@H](C)[C@H](C/C=C(\C)C=O)O[Si](C)(C)C(C)(C)C. The first kappa shape index (κ1) is 37.2. The highest BCUT2D eigenvalue weighted by atomic mass is 28.4. The van der Waals surface area contributed by atoms with Gasteiger partial charge in [0.1, 0.15) is 25.0 Å². The van der Waals surface area contributed by atoms with Crippen molar-refractivity contribution in [2.75, 3.05) is 13.7 Å². The lowest BCUT2D eigenvalue weighted by molar-refractivity contribution is -0.162. The highest BCUT2D eigenvalue weighted by Gasteiger charge is 2.43. The van der Waals surface area contributed by atoms with Crippen LogP contribution in [0.15, 0.2) is 60.2 Å². The first-order chi connectivity index (χ1) is 21.5. The van der Waals surface area contributed by atoms with Crippen LogP contribution in [-0.4, -0.2) is 63.5 Å². The number of fused-ring (bicyclic) bond motifs is 3. The Balaban J connectivity index is 1.74. The molecule has 1 amide bonds. The Bertz CT molecular complexity index is 1350. The first-order valence-electron chi connectivity index (χ1n) is 16.6. The number of esters is 1. The van der Waals surface area contributed by atoms with Crippen molar-refractivity contribution in [3.63, 3.8) is 0 Å². The summed E-state index contributed by atoms with van der Waals surface area (Å²) in [7, 11) is -0.618. The molecule has 8 heteroatoms. The first-order valence-corrected chi connectivity index (χ1v) is 19.5. The Labute approximate surface area is 277 Å². The number of nitrogens with zero attached hydrogens (tertiary/aromatic N) is 1. The molecule has 5 atom stereocenters. The normalized spacial score (nSPS) is 16.8. The van der Waals surface area contributed by atoms with E-state index in [1.165, 1.54) is 4.90 Å². The molecule has 2 aromatic carbocycles. The van der Waals surface area contributed by atoms with Gasteiger partial charge in [-0.15, -0.1) is 0 Å². The number of rotatable bonds is 14. The van der Waals surface area contributed by atoms with Crippen molar-refractivity contribution >= 4 is 26.7 Å². The van der Waals surface area contributed by atoms with Crippen molar-refractivity contribution in [1.29, 1.82) is 0 Å². The Morgan fingerprint density at radius 2 is 1.52 bits per heavy atom. The smallest absolute Gasteiger partial charge is 0.410 e. The zero-order valence-electron chi connectivity index (χ0n) is 29.8. The number of hydrogen-bond acceptors (Lipinski definition) is 6. The molecule has 0 aliphatic heterocycles. The van der Waals surface area contributed by atoms with Crippen molar-refractivity contribution in [1.82, 2.24) is 4.90 Å². The van der Waals surface area contributed by atoms with E-state index in [2.05, 4.69) is 78.9 Å². The van der Waals surface area contributed by atoms with Crippen LogP contribution in [0.4, 0.5) is 4.79 Å². The highest BCUT2D eigenvalue weighted by Crippen LogP contribution is 2.44. The zero-order valence-corrected chi connectivity index (χ0v) is 30.8. The van der Waals surface area contributed by atoms with Gasteiger partial charge in [0.05, 0.1) is 6.10 Å². The summed E-state index contributed by atoms with van der Waals surface area (Å²) in [6.45, 7) is 20.8. The molecular formula is C38H55NO6Si. The molecule has 0 saturated carbocycles. The maximum Gasteiger partial charge on any atom is 0.410 e. The van der Waals surface area contributed by atoms with E-state index in [0.717, 1.165) is 35.0 Å². The number of carbonyl (C=O) groups is 3. The monoisotopic (exact) mass is 649 g/mol. The number of ether oxygens (including phenoxy) is 2. The molecule has 0 radical (unpaired) electrons. The van der Waals surface area contributed by atoms with E-state index in [1.54, 1.807) is 20.9 Å². The van der Waals surface area contributed by atoms with E-state index < -0.39 is 32.5 Å². The van der Waals surface area contributed by atoms with Crippen molar-refractivity contribution in [3.8, 4) is 11.1 Å². The number of carbonyl (C=O) groups excluding carboxylic acids is 3. The lowest BCUT2D eigenvalue weighted by atomic mass is 9.86. The van der Waals surface area contributed by atoms with Gasteiger partial charge in [-0.05, 0) is 72.1 Å². The second-order valence-electron chi connectivity index (χ2n) is 14.5. The van der Waals surface area contributed by atoms with E-state index in [4.69, 9.17) is 13.9 Å². The van der Waals surface area contributed by atoms with Crippen LogP contribution in [0.5, 0.6) is 0 Å². The molecule has 7 nitrogen and oxygen atoms in total.